The summed E-state index contributed by atoms with van der Waals surface area (Å²) in [7, 11) is 0. The summed E-state index contributed by atoms with van der Waals surface area (Å²) < 4.78 is 0. The maximum atomic E-state index is 12.1. The van der Waals surface area contributed by atoms with E-state index in [9.17, 15) is 4.79 Å². The second-order valence-corrected chi connectivity index (χ2v) is 4.79. The van der Waals surface area contributed by atoms with Crippen LogP contribution in [0.2, 0.25) is 0 Å². The predicted octanol–water partition coefficient (Wildman–Crippen LogP) is 2.79. The molecule has 17 heavy (non-hydrogen) atoms. The summed E-state index contributed by atoms with van der Waals surface area (Å²) in [5, 5.41) is 0. The first kappa shape index (κ1) is 13.9. The fourth-order valence-electron chi connectivity index (χ4n) is 2.08. The number of hydrogen-bond acceptors (Lipinski definition) is 2. The van der Waals surface area contributed by atoms with E-state index in [0.29, 0.717) is 13.0 Å². The zero-order valence-corrected chi connectivity index (χ0v) is 11.1. The Morgan fingerprint density at radius 1 is 1.35 bits per heavy atom. The van der Waals surface area contributed by atoms with Crippen molar-refractivity contribution < 1.29 is 4.79 Å². The highest BCUT2D eigenvalue weighted by Gasteiger charge is 2.16. The average molecular weight is 233 g/mol. The zero-order chi connectivity index (χ0) is 12.8. The quantitative estimate of drug-likeness (QED) is 0.821. The first-order valence-corrected chi connectivity index (χ1v) is 6.37. The van der Waals surface area contributed by atoms with Gasteiger partial charge in [-0.25, -0.2) is 0 Å². The van der Waals surface area contributed by atoms with Crippen LogP contribution in [0.15, 0.2) is 18.2 Å². The summed E-state index contributed by atoms with van der Waals surface area (Å²) in [6.07, 6.45) is 2.44. The van der Waals surface area contributed by atoms with Crippen molar-refractivity contribution in [3.05, 3.63) is 34.9 Å². The minimum absolute atomic E-state index is 0.0277. The van der Waals surface area contributed by atoms with Crippen molar-refractivity contribution >= 4 is 5.78 Å². The van der Waals surface area contributed by atoms with Gasteiger partial charge in [-0.3, -0.25) is 4.79 Å². The number of ketones is 1. The van der Waals surface area contributed by atoms with E-state index in [1.807, 2.05) is 0 Å². The molecule has 0 spiro atoms. The molecule has 1 unspecified atom stereocenters. The van der Waals surface area contributed by atoms with E-state index >= 15 is 0 Å². The summed E-state index contributed by atoms with van der Waals surface area (Å²) in [4.78, 5) is 12.1. The van der Waals surface area contributed by atoms with Crippen molar-refractivity contribution in [3.63, 3.8) is 0 Å². The molecule has 1 rings (SSSR count). The van der Waals surface area contributed by atoms with Crippen molar-refractivity contribution in [1.82, 2.24) is 0 Å². The first-order chi connectivity index (χ1) is 8.08. The van der Waals surface area contributed by atoms with Crippen LogP contribution in [0.3, 0.4) is 0 Å². The van der Waals surface area contributed by atoms with Crippen molar-refractivity contribution in [2.75, 3.05) is 6.54 Å². The Kier molecular flexibility index (Phi) is 5.36. The van der Waals surface area contributed by atoms with Gasteiger partial charge in [0.15, 0.2) is 0 Å². The SMILES string of the molecule is CCCC(CN)C(=O)Cc1cc(C)ccc1C. The van der Waals surface area contributed by atoms with Gasteiger partial charge in [0.2, 0.25) is 0 Å². The normalized spacial score (nSPS) is 12.5. The van der Waals surface area contributed by atoms with Crippen LogP contribution in [-0.2, 0) is 11.2 Å². The van der Waals surface area contributed by atoms with Crippen LogP contribution in [0.4, 0.5) is 0 Å². The van der Waals surface area contributed by atoms with Gasteiger partial charge in [-0.2, -0.15) is 0 Å². The van der Waals surface area contributed by atoms with E-state index in [2.05, 4.69) is 39.0 Å². The van der Waals surface area contributed by atoms with E-state index in [4.69, 9.17) is 5.73 Å². The molecule has 0 radical (unpaired) electrons. The first-order valence-electron chi connectivity index (χ1n) is 6.37. The van der Waals surface area contributed by atoms with Gasteiger partial charge in [-0.1, -0.05) is 37.1 Å². The fraction of sp³-hybridized carbons (Fsp3) is 0.533. The predicted molar refractivity (Wildman–Crippen MR) is 72.1 cm³/mol. The van der Waals surface area contributed by atoms with E-state index in [1.165, 1.54) is 11.1 Å². The molecule has 0 aliphatic rings. The lowest BCUT2D eigenvalue weighted by molar-refractivity contribution is -0.122. The number of Topliss-reactive ketones (excluding diaryl/α,β-unsaturated/α-hetero) is 1. The fourth-order valence-corrected chi connectivity index (χ4v) is 2.08. The smallest absolute Gasteiger partial charge is 0.141 e. The highest BCUT2D eigenvalue weighted by Crippen LogP contribution is 2.15. The van der Waals surface area contributed by atoms with Crippen LogP contribution in [-0.4, -0.2) is 12.3 Å². The van der Waals surface area contributed by atoms with Gasteiger partial charge in [0.05, 0.1) is 0 Å². The number of nitrogens with two attached hydrogens (primary N) is 1. The van der Waals surface area contributed by atoms with E-state index < -0.39 is 0 Å². The second-order valence-electron chi connectivity index (χ2n) is 4.79. The lowest BCUT2D eigenvalue weighted by Crippen LogP contribution is -2.25. The molecule has 0 fully saturated rings. The maximum Gasteiger partial charge on any atom is 0.141 e. The summed E-state index contributed by atoms with van der Waals surface area (Å²) in [5.41, 5.74) is 9.20. The second kappa shape index (κ2) is 6.55. The lowest BCUT2D eigenvalue weighted by Gasteiger charge is -2.13. The molecule has 1 atom stereocenters. The van der Waals surface area contributed by atoms with Crippen LogP contribution < -0.4 is 5.73 Å². The Morgan fingerprint density at radius 2 is 2.06 bits per heavy atom. The molecule has 0 aliphatic carbocycles. The monoisotopic (exact) mass is 233 g/mol. The lowest BCUT2D eigenvalue weighted by atomic mass is 9.92. The molecule has 2 heteroatoms. The van der Waals surface area contributed by atoms with E-state index in [0.717, 1.165) is 18.4 Å². The molecule has 0 saturated carbocycles. The largest absolute Gasteiger partial charge is 0.330 e. The van der Waals surface area contributed by atoms with Crippen molar-refractivity contribution in [1.29, 1.82) is 0 Å². The third-order valence-electron chi connectivity index (χ3n) is 3.25. The van der Waals surface area contributed by atoms with Crippen LogP contribution >= 0.6 is 0 Å². The molecular formula is C15H23NO. The van der Waals surface area contributed by atoms with Crippen LogP contribution in [0.1, 0.15) is 36.5 Å². The van der Waals surface area contributed by atoms with Gasteiger partial charge in [0, 0.05) is 18.9 Å². The number of carbonyl (C=O) groups excluding carboxylic acids is 1. The molecule has 0 aromatic heterocycles. The topological polar surface area (TPSA) is 43.1 Å². The molecule has 0 bridgehead atoms. The standard InChI is InChI=1S/C15H23NO/c1-4-5-13(10-16)15(17)9-14-8-11(2)6-7-12(14)3/h6-8,13H,4-5,9-10,16H2,1-3H3. The molecule has 0 aliphatic heterocycles. The Morgan fingerprint density at radius 3 is 2.65 bits per heavy atom. The Balaban J connectivity index is 2.76. The number of benzene rings is 1. The number of rotatable bonds is 6. The summed E-state index contributed by atoms with van der Waals surface area (Å²) in [6.45, 7) is 6.67. The van der Waals surface area contributed by atoms with Crippen LogP contribution in [0.25, 0.3) is 0 Å². The molecule has 94 valence electrons. The summed E-state index contributed by atoms with van der Waals surface area (Å²) in [6, 6.07) is 6.26. The van der Waals surface area contributed by atoms with Gasteiger partial charge in [-0.05, 0) is 31.4 Å². The summed E-state index contributed by atoms with van der Waals surface area (Å²) >= 11 is 0. The Hall–Kier alpha value is -1.15. The molecular weight excluding hydrogens is 210 g/mol. The molecule has 0 amide bonds. The van der Waals surface area contributed by atoms with E-state index in [-0.39, 0.29) is 11.7 Å². The van der Waals surface area contributed by atoms with Crippen LogP contribution in [0.5, 0.6) is 0 Å². The Bertz CT molecular complexity index is 385. The van der Waals surface area contributed by atoms with Gasteiger partial charge in [0.25, 0.3) is 0 Å². The average Bonchev–Trinajstić information content (AvgIpc) is 2.30. The molecule has 2 nitrogen and oxygen atoms in total. The molecule has 0 saturated heterocycles. The third-order valence-corrected chi connectivity index (χ3v) is 3.25. The van der Waals surface area contributed by atoms with Crippen molar-refractivity contribution in [2.45, 2.75) is 40.0 Å². The molecule has 1 aromatic carbocycles. The van der Waals surface area contributed by atoms with Crippen molar-refractivity contribution in [3.8, 4) is 0 Å². The number of carbonyl (C=O) groups is 1. The molecule has 1 aromatic rings. The Labute approximate surface area is 104 Å². The highest BCUT2D eigenvalue weighted by atomic mass is 16.1. The molecule has 2 N–H and O–H groups in total. The minimum atomic E-state index is 0.0277. The van der Waals surface area contributed by atoms with Gasteiger partial charge in [0.1, 0.15) is 5.78 Å². The zero-order valence-electron chi connectivity index (χ0n) is 11.1. The third kappa shape index (κ3) is 3.97. The van der Waals surface area contributed by atoms with Gasteiger partial charge >= 0.3 is 0 Å². The number of hydrogen-bond donors (Lipinski definition) is 1. The van der Waals surface area contributed by atoms with Crippen LogP contribution in [0, 0.1) is 19.8 Å². The minimum Gasteiger partial charge on any atom is -0.330 e. The van der Waals surface area contributed by atoms with Crippen molar-refractivity contribution in [2.24, 2.45) is 11.7 Å². The highest BCUT2D eigenvalue weighted by molar-refractivity contribution is 5.83. The van der Waals surface area contributed by atoms with Gasteiger partial charge < -0.3 is 5.73 Å². The van der Waals surface area contributed by atoms with E-state index in [1.54, 1.807) is 0 Å². The van der Waals surface area contributed by atoms with Gasteiger partial charge in [-0.15, -0.1) is 0 Å². The maximum absolute atomic E-state index is 12.1. The summed E-state index contributed by atoms with van der Waals surface area (Å²) in [5.74, 6) is 0.308. The molecule has 0 heterocycles. The number of aryl methyl sites for hydroxylation is 2.